The van der Waals surface area contributed by atoms with Gasteiger partial charge in [-0.05, 0) is 30.3 Å². The van der Waals surface area contributed by atoms with Crippen LogP contribution in [0, 0.1) is 5.82 Å². The number of aromatic amines is 1. The minimum absolute atomic E-state index is 0.0937. The van der Waals surface area contributed by atoms with Crippen LogP contribution >= 0.6 is 0 Å². The molecule has 0 aliphatic rings. The molecular formula is C14H9FN5O2-. The normalized spacial score (nSPS) is 10.4. The maximum absolute atomic E-state index is 13.0. The third kappa shape index (κ3) is 2.75. The predicted octanol–water partition coefficient (Wildman–Crippen LogP) is 1.43. The maximum atomic E-state index is 13.0. The van der Waals surface area contributed by atoms with Crippen LogP contribution in [0.1, 0.15) is 0 Å². The Hall–Kier alpha value is -3.29. The van der Waals surface area contributed by atoms with Crippen LogP contribution in [-0.2, 0) is 0 Å². The summed E-state index contributed by atoms with van der Waals surface area (Å²) in [5, 5.41) is 19.3. The number of hydrogen-bond acceptors (Lipinski definition) is 5. The largest absolute Gasteiger partial charge is 0.530 e. The van der Waals surface area contributed by atoms with Gasteiger partial charge in [-0.1, -0.05) is 0 Å². The van der Waals surface area contributed by atoms with Crippen molar-refractivity contribution in [3.05, 3.63) is 48.5 Å². The van der Waals surface area contributed by atoms with Crippen molar-refractivity contribution in [1.29, 1.82) is 0 Å². The molecule has 0 radical (unpaired) electrons. The van der Waals surface area contributed by atoms with E-state index in [1.165, 1.54) is 18.3 Å². The van der Waals surface area contributed by atoms with Crippen molar-refractivity contribution in [3.8, 4) is 22.5 Å². The lowest BCUT2D eigenvalue weighted by Gasteiger charge is -2.07. The lowest BCUT2D eigenvalue weighted by Crippen LogP contribution is -2.29. The number of rotatable bonds is 3. The van der Waals surface area contributed by atoms with Gasteiger partial charge in [0, 0.05) is 17.3 Å². The highest BCUT2D eigenvalue weighted by atomic mass is 19.1. The first-order valence-corrected chi connectivity index (χ1v) is 6.24. The molecule has 0 spiro atoms. The lowest BCUT2D eigenvalue weighted by molar-refractivity contribution is -0.242. The quantitative estimate of drug-likeness (QED) is 0.760. The number of hydrogen-bond donors (Lipinski definition) is 2. The van der Waals surface area contributed by atoms with Gasteiger partial charge in [0.2, 0.25) is 5.95 Å². The Balaban J connectivity index is 2.01. The van der Waals surface area contributed by atoms with Crippen molar-refractivity contribution in [2.75, 3.05) is 5.32 Å². The van der Waals surface area contributed by atoms with Gasteiger partial charge in [-0.3, -0.25) is 5.10 Å². The van der Waals surface area contributed by atoms with Crippen molar-refractivity contribution >= 4 is 12.0 Å². The number of nitrogens with zero attached hydrogens (tertiary/aromatic N) is 3. The maximum Gasteiger partial charge on any atom is 0.228 e. The number of carboxylic acid groups (broad SMARTS) is 1. The van der Waals surface area contributed by atoms with Gasteiger partial charge in [-0.2, -0.15) is 5.10 Å². The summed E-state index contributed by atoms with van der Waals surface area (Å²) in [6.45, 7) is 0. The molecule has 7 nitrogen and oxygen atoms in total. The molecule has 8 heteroatoms. The highest BCUT2D eigenvalue weighted by molar-refractivity contribution is 5.81. The van der Waals surface area contributed by atoms with E-state index in [2.05, 4.69) is 20.2 Å². The molecule has 1 aromatic carbocycles. The molecule has 22 heavy (non-hydrogen) atoms. The van der Waals surface area contributed by atoms with Crippen molar-refractivity contribution in [2.24, 2.45) is 0 Å². The fraction of sp³-hybridized carbons (Fsp3) is 0. The molecule has 2 N–H and O–H groups in total. The molecule has 0 saturated heterocycles. The molecule has 0 atom stereocenters. The van der Waals surface area contributed by atoms with E-state index in [1.54, 1.807) is 24.4 Å². The standard InChI is InChI=1S/C14H10FN5O2/c15-9-3-1-8(2-4-9)12-10(7-17-20-12)11-5-6-16-13(18-11)19-14(21)22/h1-7H,(H,17,20)(H,21,22)(H,16,18,19)/p-1. The van der Waals surface area contributed by atoms with Crippen molar-refractivity contribution in [3.63, 3.8) is 0 Å². The second-order valence-corrected chi connectivity index (χ2v) is 4.34. The zero-order valence-electron chi connectivity index (χ0n) is 11.1. The van der Waals surface area contributed by atoms with Crippen molar-refractivity contribution in [1.82, 2.24) is 20.2 Å². The van der Waals surface area contributed by atoms with Gasteiger partial charge in [0.15, 0.2) is 0 Å². The van der Waals surface area contributed by atoms with E-state index < -0.39 is 6.09 Å². The Morgan fingerprint density at radius 2 is 2.00 bits per heavy atom. The molecule has 3 aromatic rings. The number of aromatic nitrogens is 4. The number of amides is 1. The first kappa shape index (κ1) is 13.7. The monoisotopic (exact) mass is 298 g/mol. The van der Waals surface area contributed by atoms with Gasteiger partial charge in [0.25, 0.3) is 0 Å². The summed E-state index contributed by atoms with van der Waals surface area (Å²) in [6, 6.07) is 7.49. The topological polar surface area (TPSA) is 107 Å². The molecule has 0 unspecified atom stereocenters. The fourth-order valence-electron chi connectivity index (χ4n) is 1.98. The summed E-state index contributed by atoms with van der Waals surface area (Å²) < 4.78 is 13.0. The van der Waals surface area contributed by atoms with E-state index in [9.17, 15) is 14.3 Å². The minimum atomic E-state index is -1.50. The van der Waals surface area contributed by atoms with E-state index >= 15 is 0 Å². The summed E-state index contributed by atoms with van der Waals surface area (Å²) >= 11 is 0. The van der Waals surface area contributed by atoms with Gasteiger partial charge < -0.3 is 15.2 Å². The number of carbonyl (C=O) groups is 1. The van der Waals surface area contributed by atoms with Gasteiger partial charge in [0.1, 0.15) is 11.9 Å². The average molecular weight is 298 g/mol. The zero-order valence-corrected chi connectivity index (χ0v) is 11.1. The highest BCUT2D eigenvalue weighted by Gasteiger charge is 2.12. The number of carbonyl (C=O) groups excluding carboxylic acids is 1. The average Bonchev–Trinajstić information content (AvgIpc) is 2.97. The molecule has 0 fully saturated rings. The Labute approximate surface area is 123 Å². The summed E-state index contributed by atoms with van der Waals surface area (Å²) in [5.41, 5.74) is 2.46. The first-order valence-electron chi connectivity index (χ1n) is 6.24. The second-order valence-electron chi connectivity index (χ2n) is 4.34. The number of benzene rings is 1. The lowest BCUT2D eigenvalue weighted by atomic mass is 10.1. The molecule has 110 valence electrons. The van der Waals surface area contributed by atoms with Crippen LogP contribution in [-0.4, -0.2) is 26.3 Å². The van der Waals surface area contributed by atoms with E-state index in [1.807, 2.05) is 5.32 Å². The molecule has 0 saturated carbocycles. The summed E-state index contributed by atoms with van der Waals surface area (Å²) in [6.07, 6.45) is 1.46. The minimum Gasteiger partial charge on any atom is -0.530 e. The van der Waals surface area contributed by atoms with Crippen molar-refractivity contribution in [2.45, 2.75) is 0 Å². The number of halogens is 1. The third-order valence-electron chi connectivity index (χ3n) is 2.92. The Morgan fingerprint density at radius 1 is 1.23 bits per heavy atom. The van der Waals surface area contributed by atoms with Crippen LogP contribution in [0.5, 0.6) is 0 Å². The molecule has 0 aliphatic carbocycles. The molecule has 0 bridgehead atoms. The Kier molecular flexibility index (Phi) is 3.48. The molecular weight excluding hydrogens is 289 g/mol. The van der Waals surface area contributed by atoms with Gasteiger partial charge in [-0.25, -0.2) is 14.4 Å². The van der Waals surface area contributed by atoms with E-state index in [0.29, 0.717) is 17.0 Å². The number of nitrogens with one attached hydrogen (secondary N) is 2. The summed E-state index contributed by atoms with van der Waals surface area (Å²) in [7, 11) is 0. The summed E-state index contributed by atoms with van der Waals surface area (Å²) in [4.78, 5) is 18.4. The van der Waals surface area contributed by atoms with Crippen molar-refractivity contribution < 1.29 is 14.3 Å². The van der Waals surface area contributed by atoms with E-state index in [4.69, 9.17) is 0 Å². The first-order chi connectivity index (χ1) is 10.6. The van der Waals surface area contributed by atoms with Gasteiger partial charge in [0.05, 0.1) is 17.6 Å². The van der Waals surface area contributed by atoms with Gasteiger partial charge >= 0.3 is 0 Å². The van der Waals surface area contributed by atoms with Crippen LogP contribution in [0.25, 0.3) is 22.5 Å². The van der Waals surface area contributed by atoms with E-state index in [0.717, 1.165) is 5.56 Å². The SMILES string of the molecule is O=C([O-])Nc1nccc(-c2cn[nH]c2-c2ccc(F)cc2)n1. The van der Waals surface area contributed by atoms with Crippen LogP contribution < -0.4 is 10.4 Å². The summed E-state index contributed by atoms with van der Waals surface area (Å²) in [5.74, 6) is -0.434. The molecule has 0 aliphatic heterocycles. The van der Waals surface area contributed by atoms with Crippen LogP contribution in [0.3, 0.4) is 0 Å². The van der Waals surface area contributed by atoms with Crippen LogP contribution in [0.15, 0.2) is 42.7 Å². The number of H-pyrrole nitrogens is 1. The molecule has 2 aromatic heterocycles. The Morgan fingerprint density at radius 3 is 2.73 bits per heavy atom. The van der Waals surface area contributed by atoms with Crippen LogP contribution in [0.4, 0.5) is 15.1 Å². The third-order valence-corrected chi connectivity index (χ3v) is 2.92. The van der Waals surface area contributed by atoms with E-state index in [-0.39, 0.29) is 11.8 Å². The zero-order chi connectivity index (χ0) is 15.5. The fourth-order valence-corrected chi connectivity index (χ4v) is 1.98. The smallest absolute Gasteiger partial charge is 0.228 e. The van der Waals surface area contributed by atoms with Gasteiger partial charge in [-0.15, -0.1) is 0 Å². The van der Waals surface area contributed by atoms with Crippen LogP contribution in [0.2, 0.25) is 0 Å². The molecule has 1 amide bonds. The predicted molar refractivity (Wildman–Crippen MR) is 74.0 cm³/mol. The number of anilines is 1. The Bertz CT molecular complexity index is 816. The molecule has 2 heterocycles. The molecule has 3 rings (SSSR count). The highest BCUT2D eigenvalue weighted by Crippen LogP contribution is 2.29. The second kappa shape index (κ2) is 5.60.